The van der Waals surface area contributed by atoms with Gasteiger partial charge in [0.05, 0.1) is 13.2 Å². The molecule has 2 aromatic rings. The first-order valence-electron chi connectivity index (χ1n) is 6.30. The first-order valence-corrected chi connectivity index (χ1v) is 6.30. The second-order valence-corrected chi connectivity index (χ2v) is 3.90. The van der Waals surface area contributed by atoms with Crippen LogP contribution in [0.3, 0.4) is 0 Å². The van der Waals surface area contributed by atoms with Crippen LogP contribution in [0, 0.1) is 0 Å². The van der Waals surface area contributed by atoms with Crippen molar-refractivity contribution in [2.45, 2.75) is 0 Å². The van der Waals surface area contributed by atoms with Gasteiger partial charge in [-0.25, -0.2) is 19.1 Å². The second-order valence-electron chi connectivity index (χ2n) is 3.90. The number of hydrogen-bond acceptors (Lipinski definition) is 6. The molecule has 21 heavy (non-hydrogen) atoms. The summed E-state index contributed by atoms with van der Waals surface area (Å²) in [4.78, 5) is 26.5. The SMILES string of the molecule is O=C(OCCOCCOC(=O)n1ccnc1)n1cccc1. The third-order valence-corrected chi connectivity index (χ3v) is 2.44. The molecule has 0 radical (unpaired) electrons. The van der Waals surface area contributed by atoms with Gasteiger partial charge in [0, 0.05) is 24.8 Å². The van der Waals surface area contributed by atoms with Crippen molar-refractivity contribution in [1.29, 1.82) is 0 Å². The third kappa shape index (κ3) is 4.77. The molecule has 0 unspecified atom stereocenters. The molecule has 0 bridgehead atoms. The summed E-state index contributed by atoms with van der Waals surface area (Å²) in [7, 11) is 0. The summed E-state index contributed by atoms with van der Waals surface area (Å²) < 4.78 is 17.6. The van der Waals surface area contributed by atoms with Crippen molar-refractivity contribution in [2.24, 2.45) is 0 Å². The lowest BCUT2D eigenvalue weighted by molar-refractivity contribution is 0.0462. The van der Waals surface area contributed by atoms with Crippen LogP contribution in [0.5, 0.6) is 0 Å². The van der Waals surface area contributed by atoms with Crippen molar-refractivity contribution in [3.05, 3.63) is 43.2 Å². The average molecular weight is 293 g/mol. The van der Waals surface area contributed by atoms with Gasteiger partial charge in [0.15, 0.2) is 0 Å². The normalized spacial score (nSPS) is 10.3. The highest BCUT2D eigenvalue weighted by molar-refractivity contribution is 5.70. The van der Waals surface area contributed by atoms with Crippen molar-refractivity contribution < 1.29 is 23.8 Å². The van der Waals surface area contributed by atoms with Crippen molar-refractivity contribution in [3.8, 4) is 0 Å². The zero-order valence-electron chi connectivity index (χ0n) is 11.3. The zero-order valence-corrected chi connectivity index (χ0v) is 11.3. The van der Waals surface area contributed by atoms with E-state index < -0.39 is 12.2 Å². The predicted molar refractivity (Wildman–Crippen MR) is 71.0 cm³/mol. The monoisotopic (exact) mass is 293 g/mol. The maximum absolute atomic E-state index is 11.4. The number of rotatable bonds is 6. The predicted octanol–water partition coefficient (Wildman–Crippen LogP) is 1.37. The Bertz CT molecular complexity index is 500. The Balaban J connectivity index is 1.49. The van der Waals surface area contributed by atoms with E-state index in [2.05, 4.69) is 4.98 Å². The minimum absolute atomic E-state index is 0.114. The maximum Gasteiger partial charge on any atom is 0.419 e. The molecule has 2 aromatic heterocycles. The van der Waals surface area contributed by atoms with Gasteiger partial charge in [0.2, 0.25) is 0 Å². The summed E-state index contributed by atoms with van der Waals surface area (Å²) in [5.74, 6) is 0. The van der Waals surface area contributed by atoms with Gasteiger partial charge in [-0.2, -0.15) is 0 Å². The Labute approximate surface area is 120 Å². The molecule has 2 heterocycles. The Kier molecular flexibility index (Phi) is 5.53. The van der Waals surface area contributed by atoms with E-state index in [-0.39, 0.29) is 26.4 Å². The van der Waals surface area contributed by atoms with Crippen molar-refractivity contribution >= 4 is 12.2 Å². The Morgan fingerprint density at radius 1 is 0.857 bits per heavy atom. The fourth-order valence-corrected chi connectivity index (χ4v) is 1.45. The van der Waals surface area contributed by atoms with E-state index in [1.165, 1.54) is 27.9 Å². The molecule has 112 valence electrons. The van der Waals surface area contributed by atoms with Crippen LogP contribution in [0.1, 0.15) is 0 Å². The molecule has 0 aliphatic carbocycles. The molecule has 8 nitrogen and oxygen atoms in total. The summed E-state index contributed by atoms with van der Waals surface area (Å²) in [6, 6.07) is 3.46. The van der Waals surface area contributed by atoms with Crippen molar-refractivity contribution in [3.63, 3.8) is 0 Å². The van der Waals surface area contributed by atoms with Gasteiger partial charge < -0.3 is 14.2 Å². The largest absolute Gasteiger partial charge is 0.446 e. The van der Waals surface area contributed by atoms with Gasteiger partial charge in [0.1, 0.15) is 19.5 Å². The van der Waals surface area contributed by atoms with Crippen LogP contribution >= 0.6 is 0 Å². The van der Waals surface area contributed by atoms with Gasteiger partial charge in [-0.15, -0.1) is 0 Å². The molecule has 0 aliphatic heterocycles. The summed E-state index contributed by atoms with van der Waals surface area (Å²) in [6.45, 7) is 0.701. The topological polar surface area (TPSA) is 84.6 Å². The standard InChI is InChI=1S/C13H15N3O5/c17-12(15-4-1-2-5-15)20-9-7-19-8-10-21-13(18)16-6-3-14-11-16/h1-6,11H,7-10H2. The van der Waals surface area contributed by atoms with Gasteiger partial charge in [-0.1, -0.05) is 0 Å². The van der Waals surface area contributed by atoms with Crippen LogP contribution in [0.15, 0.2) is 43.2 Å². The molecule has 0 amide bonds. The van der Waals surface area contributed by atoms with E-state index in [1.54, 1.807) is 24.5 Å². The van der Waals surface area contributed by atoms with Crippen molar-refractivity contribution in [1.82, 2.24) is 14.1 Å². The molecule has 0 saturated heterocycles. The molecule has 0 saturated carbocycles. The Morgan fingerprint density at radius 2 is 1.48 bits per heavy atom. The summed E-state index contributed by atoms with van der Waals surface area (Å²) >= 11 is 0. The highest BCUT2D eigenvalue weighted by Crippen LogP contribution is 1.93. The molecule has 0 aliphatic rings. The summed E-state index contributed by atoms with van der Waals surface area (Å²) in [5.41, 5.74) is 0. The van der Waals surface area contributed by atoms with Gasteiger partial charge in [-0.05, 0) is 12.1 Å². The van der Waals surface area contributed by atoms with Crippen LogP contribution in [0.2, 0.25) is 0 Å². The van der Waals surface area contributed by atoms with Gasteiger partial charge in [-0.3, -0.25) is 4.57 Å². The number of ether oxygens (including phenoxy) is 3. The lowest BCUT2D eigenvalue weighted by Gasteiger charge is -2.07. The quantitative estimate of drug-likeness (QED) is 0.748. The number of imidazole rings is 1. The van der Waals surface area contributed by atoms with E-state index in [4.69, 9.17) is 14.2 Å². The maximum atomic E-state index is 11.4. The number of carbonyl (C=O) groups excluding carboxylic acids is 2. The lowest BCUT2D eigenvalue weighted by atomic mass is 10.7. The van der Waals surface area contributed by atoms with Crippen LogP contribution < -0.4 is 0 Å². The molecule has 0 N–H and O–H groups in total. The van der Waals surface area contributed by atoms with Gasteiger partial charge >= 0.3 is 12.2 Å². The summed E-state index contributed by atoms with van der Waals surface area (Å²) in [6.07, 6.45) is 6.53. The van der Waals surface area contributed by atoms with Crippen LogP contribution in [0.4, 0.5) is 9.59 Å². The van der Waals surface area contributed by atoms with Crippen LogP contribution in [-0.2, 0) is 14.2 Å². The fourth-order valence-electron chi connectivity index (χ4n) is 1.45. The Morgan fingerprint density at radius 3 is 2.05 bits per heavy atom. The van der Waals surface area contributed by atoms with E-state index >= 15 is 0 Å². The number of nitrogens with zero attached hydrogens (tertiary/aromatic N) is 3. The molecule has 2 rings (SSSR count). The number of hydrogen-bond donors (Lipinski definition) is 0. The zero-order chi connectivity index (χ0) is 14.9. The summed E-state index contributed by atoms with van der Waals surface area (Å²) in [5, 5.41) is 0. The average Bonchev–Trinajstić information content (AvgIpc) is 3.18. The molecule has 0 spiro atoms. The minimum Gasteiger partial charge on any atom is -0.446 e. The first-order chi connectivity index (χ1) is 10.3. The van der Waals surface area contributed by atoms with E-state index in [0.29, 0.717) is 0 Å². The molecular formula is C13H15N3O5. The highest BCUT2D eigenvalue weighted by Gasteiger charge is 2.05. The third-order valence-electron chi connectivity index (χ3n) is 2.44. The number of carbonyl (C=O) groups is 2. The second kappa shape index (κ2) is 7.85. The van der Waals surface area contributed by atoms with Crippen molar-refractivity contribution in [2.75, 3.05) is 26.4 Å². The first kappa shape index (κ1) is 14.8. The molecule has 0 atom stereocenters. The highest BCUT2D eigenvalue weighted by atomic mass is 16.6. The minimum atomic E-state index is -0.518. The Hall–Kier alpha value is -2.61. The number of aromatic nitrogens is 3. The van der Waals surface area contributed by atoms with E-state index in [1.807, 2.05) is 0 Å². The molecular weight excluding hydrogens is 278 g/mol. The smallest absolute Gasteiger partial charge is 0.419 e. The molecule has 0 fully saturated rings. The molecule has 8 heteroatoms. The van der Waals surface area contributed by atoms with Crippen LogP contribution in [-0.4, -0.2) is 52.7 Å². The van der Waals surface area contributed by atoms with E-state index in [0.717, 1.165) is 0 Å². The fraction of sp³-hybridized carbons (Fsp3) is 0.308. The van der Waals surface area contributed by atoms with Crippen LogP contribution in [0.25, 0.3) is 0 Å². The lowest BCUT2D eigenvalue weighted by Crippen LogP contribution is -2.18. The van der Waals surface area contributed by atoms with E-state index in [9.17, 15) is 9.59 Å². The molecule has 0 aromatic carbocycles. The van der Waals surface area contributed by atoms with Gasteiger partial charge in [0.25, 0.3) is 0 Å².